The van der Waals surface area contributed by atoms with E-state index in [1.165, 1.54) is 6.07 Å². The van der Waals surface area contributed by atoms with Gasteiger partial charge in [0.15, 0.2) is 22.3 Å². The van der Waals surface area contributed by atoms with Gasteiger partial charge in [-0.1, -0.05) is 19.1 Å². The molecule has 0 N–H and O–H groups in total. The first-order valence-corrected chi connectivity index (χ1v) is 9.14. The minimum Gasteiger partial charge on any atom is -0.454 e. The smallest absolute Gasteiger partial charge is 0.338 e. The Morgan fingerprint density at radius 3 is 2.83 bits per heavy atom. The van der Waals surface area contributed by atoms with Gasteiger partial charge in [-0.2, -0.15) is 0 Å². The molecule has 0 atom stereocenters. The Labute approximate surface area is 134 Å². The number of sulfone groups is 1. The minimum absolute atomic E-state index is 0.0395. The molecule has 0 bridgehead atoms. The van der Waals surface area contributed by atoms with Crippen LogP contribution in [-0.4, -0.2) is 40.9 Å². The van der Waals surface area contributed by atoms with Crippen molar-refractivity contribution in [2.24, 2.45) is 0 Å². The summed E-state index contributed by atoms with van der Waals surface area (Å²) in [5.74, 6) is -0.207. The number of carbonyl (C=O) groups excluding carboxylic acids is 1. The summed E-state index contributed by atoms with van der Waals surface area (Å²) in [6.07, 6.45) is 2.01. The molecule has 2 rings (SSSR count). The molecule has 0 amide bonds. The standard InChI is InChI=1S/C14H18N4O4S/c1-3-7-18-13(15-16-17-18)9-22-14(19)12-6-4-5-11(8-12)10-23(2,20)21/h4-6,8H,3,7,9-10H2,1-2H3. The molecule has 0 fully saturated rings. The fourth-order valence-corrected chi connectivity index (χ4v) is 2.80. The molecule has 1 aromatic heterocycles. The first-order valence-electron chi connectivity index (χ1n) is 7.08. The average molecular weight is 338 g/mol. The fourth-order valence-electron chi connectivity index (χ4n) is 2.02. The van der Waals surface area contributed by atoms with Crippen molar-refractivity contribution in [1.29, 1.82) is 0 Å². The van der Waals surface area contributed by atoms with Crippen LogP contribution in [0.5, 0.6) is 0 Å². The molecule has 0 saturated carbocycles. The lowest BCUT2D eigenvalue weighted by molar-refractivity contribution is 0.0456. The van der Waals surface area contributed by atoms with Gasteiger partial charge in [-0.25, -0.2) is 17.9 Å². The number of hydrogen-bond donors (Lipinski definition) is 0. The number of tetrazole rings is 1. The van der Waals surface area contributed by atoms with Crippen LogP contribution in [0.15, 0.2) is 24.3 Å². The number of carbonyl (C=O) groups is 1. The molecular formula is C14H18N4O4S. The summed E-state index contributed by atoms with van der Waals surface area (Å²) in [5, 5.41) is 11.2. The third-order valence-corrected chi connectivity index (χ3v) is 3.82. The largest absolute Gasteiger partial charge is 0.454 e. The van der Waals surface area contributed by atoms with Crippen molar-refractivity contribution in [3.05, 3.63) is 41.2 Å². The summed E-state index contributed by atoms with van der Waals surface area (Å²) in [4.78, 5) is 12.1. The molecule has 0 aliphatic rings. The van der Waals surface area contributed by atoms with E-state index in [-0.39, 0.29) is 12.4 Å². The van der Waals surface area contributed by atoms with Crippen LogP contribution in [0, 0.1) is 0 Å². The van der Waals surface area contributed by atoms with Crippen molar-refractivity contribution in [3.63, 3.8) is 0 Å². The topological polar surface area (TPSA) is 104 Å². The number of ether oxygens (including phenoxy) is 1. The summed E-state index contributed by atoms with van der Waals surface area (Å²) in [6.45, 7) is 2.59. The molecular weight excluding hydrogens is 320 g/mol. The van der Waals surface area contributed by atoms with Crippen LogP contribution in [0.1, 0.15) is 35.1 Å². The van der Waals surface area contributed by atoms with Crippen LogP contribution < -0.4 is 0 Å². The highest BCUT2D eigenvalue weighted by Crippen LogP contribution is 2.11. The van der Waals surface area contributed by atoms with Gasteiger partial charge in [-0.15, -0.1) is 5.10 Å². The second kappa shape index (κ2) is 7.32. The fraction of sp³-hybridized carbons (Fsp3) is 0.429. The zero-order valence-electron chi connectivity index (χ0n) is 13.0. The molecule has 2 aromatic rings. The number of hydrogen-bond acceptors (Lipinski definition) is 7. The van der Waals surface area contributed by atoms with Crippen LogP contribution in [0.4, 0.5) is 0 Å². The predicted molar refractivity (Wildman–Crippen MR) is 82.2 cm³/mol. The van der Waals surface area contributed by atoms with E-state index in [1.54, 1.807) is 22.9 Å². The Morgan fingerprint density at radius 1 is 1.35 bits per heavy atom. The molecule has 124 valence electrons. The van der Waals surface area contributed by atoms with Gasteiger partial charge >= 0.3 is 5.97 Å². The normalized spacial score (nSPS) is 11.4. The van der Waals surface area contributed by atoms with Crippen LogP contribution in [-0.2, 0) is 33.5 Å². The van der Waals surface area contributed by atoms with Gasteiger partial charge in [-0.05, 0) is 34.5 Å². The highest BCUT2D eigenvalue weighted by molar-refractivity contribution is 7.89. The number of nitrogens with zero attached hydrogens (tertiary/aromatic N) is 4. The minimum atomic E-state index is -3.16. The highest BCUT2D eigenvalue weighted by atomic mass is 32.2. The maximum atomic E-state index is 12.1. The SMILES string of the molecule is CCCn1nnnc1COC(=O)c1cccc(CS(C)(=O)=O)c1. The van der Waals surface area contributed by atoms with Crippen molar-refractivity contribution in [1.82, 2.24) is 20.2 Å². The second-order valence-corrected chi connectivity index (χ2v) is 7.31. The van der Waals surface area contributed by atoms with Gasteiger partial charge in [0.1, 0.15) is 0 Å². The predicted octanol–water partition coefficient (Wildman–Crippen LogP) is 0.985. The molecule has 23 heavy (non-hydrogen) atoms. The number of esters is 1. The van der Waals surface area contributed by atoms with Crippen molar-refractivity contribution in [2.75, 3.05) is 6.26 Å². The van der Waals surface area contributed by atoms with Gasteiger partial charge in [0.2, 0.25) is 0 Å². The summed E-state index contributed by atoms with van der Waals surface area (Å²) in [5.41, 5.74) is 0.832. The maximum absolute atomic E-state index is 12.1. The molecule has 1 aromatic carbocycles. The van der Waals surface area contributed by atoms with Crippen molar-refractivity contribution >= 4 is 15.8 Å². The zero-order chi connectivity index (χ0) is 16.9. The first kappa shape index (κ1) is 17.1. The molecule has 0 aliphatic heterocycles. The van der Waals surface area contributed by atoms with Gasteiger partial charge in [0.25, 0.3) is 0 Å². The van der Waals surface area contributed by atoms with E-state index >= 15 is 0 Å². The van der Waals surface area contributed by atoms with Gasteiger partial charge in [0, 0.05) is 12.8 Å². The summed E-state index contributed by atoms with van der Waals surface area (Å²) < 4.78 is 29.4. The molecule has 0 aliphatic carbocycles. The van der Waals surface area contributed by atoms with Crippen LogP contribution in [0.3, 0.4) is 0 Å². The van der Waals surface area contributed by atoms with Crippen molar-refractivity contribution in [2.45, 2.75) is 32.2 Å². The number of benzene rings is 1. The number of rotatable bonds is 7. The van der Waals surface area contributed by atoms with E-state index in [1.807, 2.05) is 6.92 Å². The van der Waals surface area contributed by atoms with Crippen LogP contribution in [0.25, 0.3) is 0 Å². The Kier molecular flexibility index (Phi) is 5.43. The van der Waals surface area contributed by atoms with E-state index in [9.17, 15) is 13.2 Å². The molecule has 0 radical (unpaired) electrons. The molecule has 0 saturated heterocycles. The average Bonchev–Trinajstić information content (AvgIpc) is 2.91. The Balaban J connectivity index is 2.03. The maximum Gasteiger partial charge on any atom is 0.338 e. The molecule has 8 nitrogen and oxygen atoms in total. The van der Waals surface area contributed by atoms with E-state index in [0.717, 1.165) is 12.7 Å². The summed E-state index contributed by atoms with van der Waals surface area (Å²) in [7, 11) is -3.16. The van der Waals surface area contributed by atoms with E-state index in [0.29, 0.717) is 23.5 Å². The molecule has 0 spiro atoms. The third kappa shape index (κ3) is 5.13. The zero-order valence-corrected chi connectivity index (χ0v) is 13.8. The van der Waals surface area contributed by atoms with Gasteiger partial charge in [0.05, 0.1) is 11.3 Å². The Hall–Kier alpha value is -2.29. The highest BCUT2D eigenvalue weighted by Gasteiger charge is 2.13. The van der Waals surface area contributed by atoms with E-state index in [4.69, 9.17) is 4.74 Å². The summed E-state index contributed by atoms with van der Waals surface area (Å²) >= 11 is 0. The summed E-state index contributed by atoms with van der Waals surface area (Å²) in [6, 6.07) is 6.36. The van der Waals surface area contributed by atoms with Gasteiger partial charge < -0.3 is 4.74 Å². The monoisotopic (exact) mass is 338 g/mol. The number of aryl methyl sites for hydroxylation is 1. The quantitative estimate of drug-likeness (QED) is 0.693. The Morgan fingerprint density at radius 2 is 2.13 bits per heavy atom. The van der Waals surface area contributed by atoms with Gasteiger partial charge in [-0.3, -0.25) is 0 Å². The van der Waals surface area contributed by atoms with Crippen molar-refractivity contribution < 1.29 is 17.9 Å². The number of aromatic nitrogens is 4. The lowest BCUT2D eigenvalue weighted by Gasteiger charge is -2.06. The van der Waals surface area contributed by atoms with Crippen molar-refractivity contribution in [3.8, 4) is 0 Å². The molecule has 9 heteroatoms. The molecule has 1 heterocycles. The van der Waals surface area contributed by atoms with Crippen LogP contribution in [0.2, 0.25) is 0 Å². The van der Waals surface area contributed by atoms with Crippen LogP contribution >= 0.6 is 0 Å². The van der Waals surface area contributed by atoms with E-state index < -0.39 is 15.8 Å². The lowest BCUT2D eigenvalue weighted by atomic mass is 10.1. The first-order chi connectivity index (χ1) is 10.9. The second-order valence-electron chi connectivity index (χ2n) is 5.16. The Bertz CT molecular complexity index is 786. The van der Waals surface area contributed by atoms with E-state index in [2.05, 4.69) is 15.5 Å². The third-order valence-electron chi connectivity index (χ3n) is 2.97. The molecule has 0 unspecified atom stereocenters. The lowest BCUT2D eigenvalue weighted by Crippen LogP contribution is -2.11.